The fourth-order valence-electron chi connectivity index (χ4n) is 3.25. The molecule has 1 N–H and O–H groups in total. The number of thiazole rings is 1. The Morgan fingerprint density at radius 3 is 3.00 bits per heavy atom. The SMILES string of the molecule is CCCC(=O)N1CCCC(C(=O)NCCc2nc3ccccc3s2)C1. The third-order valence-electron chi connectivity index (χ3n) is 4.59. The molecule has 25 heavy (non-hydrogen) atoms. The number of nitrogens with one attached hydrogen (secondary N) is 1. The molecule has 134 valence electrons. The van der Waals surface area contributed by atoms with Crippen LogP contribution in [-0.2, 0) is 16.0 Å². The van der Waals surface area contributed by atoms with Gasteiger partial charge in [0.05, 0.1) is 21.1 Å². The highest BCUT2D eigenvalue weighted by atomic mass is 32.1. The second-order valence-corrected chi connectivity index (χ2v) is 7.66. The van der Waals surface area contributed by atoms with Crippen LogP contribution in [0.2, 0.25) is 0 Å². The van der Waals surface area contributed by atoms with Crippen molar-refractivity contribution in [3.8, 4) is 0 Å². The third-order valence-corrected chi connectivity index (χ3v) is 5.68. The molecule has 0 spiro atoms. The van der Waals surface area contributed by atoms with Gasteiger partial charge in [0.15, 0.2) is 0 Å². The number of rotatable bonds is 6. The van der Waals surface area contributed by atoms with E-state index in [1.807, 2.05) is 30.0 Å². The van der Waals surface area contributed by atoms with E-state index >= 15 is 0 Å². The van der Waals surface area contributed by atoms with E-state index in [0.717, 1.165) is 42.8 Å². The minimum Gasteiger partial charge on any atom is -0.355 e. The zero-order valence-corrected chi connectivity index (χ0v) is 15.5. The number of likely N-dealkylation sites (tertiary alicyclic amines) is 1. The molecular weight excluding hydrogens is 334 g/mol. The highest BCUT2D eigenvalue weighted by Crippen LogP contribution is 2.22. The molecule has 1 fully saturated rings. The summed E-state index contributed by atoms with van der Waals surface area (Å²) in [7, 11) is 0. The molecule has 2 heterocycles. The highest BCUT2D eigenvalue weighted by Gasteiger charge is 2.27. The summed E-state index contributed by atoms with van der Waals surface area (Å²) in [6, 6.07) is 8.08. The van der Waals surface area contributed by atoms with E-state index in [-0.39, 0.29) is 17.7 Å². The summed E-state index contributed by atoms with van der Waals surface area (Å²) in [4.78, 5) is 30.9. The summed E-state index contributed by atoms with van der Waals surface area (Å²) in [5, 5.41) is 4.07. The summed E-state index contributed by atoms with van der Waals surface area (Å²) in [6.07, 6.45) is 3.95. The number of nitrogens with zero attached hydrogens (tertiary/aromatic N) is 2. The number of para-hydroxylation sites is 1. The first kappa shape index (κ1) is 17.9. The molecule has 2 aromatic rings. The third kappa shape index (κ3) is 4.57. The topological polar surface area (TPSA) is 62.3 Å². The van der Waals surface area contributed by atoms with Gasteiger partial charge < -0.3 is 10.2 Å². The van der Waals surface area contributed by atoms with Gasteiger partial charge in [-0.1, -0.05) is 19.1 Å². The Balaban J connectivity index is 1.47. The minimum absolute atomic E-state index is 0.0649. The number of fused-ring (bicyclic) bond motifs is 1. The number of hydrogen-bond acceptors (Lipinski definition) is 4. The van der Waals surface area contributed by atoms with Crippen molar-refractivity contribution in [3.63, 3.8) is 0 Å². The molecule has 0 aliphatic carbocycles. The highest BCUT2D eigenvalue weighted by molar-refractivity contribution is 7.18. The first-order chi connectivity index (χ1) is 12.2. The molecule has 5 nitrogen and oxygen atoms in total. The molecular formula is C19H25N3O2S. The van der Waals surface area contributed by atoms with Crippen LogP contribution in [0.1, 0.15) is 37.6 Å². The van der Waals surface area contributed by atoms with Gasteiger partial charge in [-0.25, -0.2) is 4.98 Å². The number of benzene rings is 1. The molecule has 1 aromatic carbocycles. The van der Waals surface area contributed by atoms with Crippen molar-refractivity contribution in [3.05, 3.63) is 29.3 Å². The van der Waals surface area contributed by atoms with Gasteiger partial charge in [0, 0.05) is 32.5 Å². The number of aromatic nitrogens is 1. The van der Waals surface area contributed by atoms with Gasteiger partial charge in [0.1, 0.15) is 0 Å². The van der Waals surface area contributed by atoms with Gasteiger partial charge in [-0.2, -0.15) is 0 Å². The molecule has 3 rings (SSSR count). The number of carbonyl (C=O) groups excluding carboxylic acids is 2. The fourth-order valence-corrected chi connectivity index (χ4v) is 4.22. The van der Waals surface area contributed by atoms with Gasteiger partial charge in [-0.15, -0.1) is 11.3 Å². The average Bonchev–Trinajstić information content (AvgIpc) is 3.04. The van der Waals surface area contributed by atoms with Crippen molar-refractivity contribution in [2.75, 3.05) is 19.6 Å². The largest absolute Gasteiger partial charge is 0.355 e. The molecule has 1 atom stereocenters. The molecule has 1 unspecified atom stereocenters. The van der Waals surface area contributed by atoms with Crippen molar-refractivity contribution in [1.82, 2.24) is 15.2 Å². The van der Waals surface area contributed by atoms with Crippen LogP contribution in [0.4, 0.5) is 0 Å². The second kappa shape index (κ2) is 8.43. The zero-order chi connectivity index (χ0) is 17.6. The number of amides is 2. The van der Waals surface area contributed by atoms with E-state index in [2.05, 4.69) is 16.4 Å². The summed E-state index contributed by atoms with van der Waals surface area (Å²) >= 11 is 1.68. The minimum atomic E-state index is -0.0788. The van der Waals surface area contributed by atoms with E-state index in [1.165, 1.54) is 4.70 Å². The van der Waals surface area contributed by atoms with Gasteiger partial charge in [0.25, 0.3) is 0 Å². The second-order valence-electron chi connectivity index (χ2n) is 6.55. The smallest absolute Gasteiger partial charge is 0.224 e. The van der Waals surface area contributed by atoms with Gasteiger partial charge in [0.2, 0.25) is 11.8 Å². The van der Waals surface area contributed by atoms with Crippen molar-refractivity contribution < 1.29 is 9.59 Å². The van der Waals surface area contributed by atoms with Crippen LogP contribution < -0.4 is 5.32 Å². The Hall–Kier alpha value is -1.95. The lowest BCUT2D eigenvalue weighted by molar-refractivity contribution is -0.135. The van der Waals surface area contributed by atoms with Crippen molar-refractivity contribution in [2.45, 2.75) is 39.0 Å². The number of hydrogen-bond donors (Lipinski definition) is 1. The molecule has 1 saturated heterocycles. The van der Waals surface area contributed by atoms with E-state index in [4.69, 9.17) is 0 Å². The molecule has 6 heteroatoms. The normalized spacial score (nSPS) is 17.6. The molecule has 0 radical (unpaired) electrons. The molecule has 0 saturated carbocycles. The zero-order valence-electron chi connectivity index (χ0n) is 14.7. The van der Waals surface area contributed by atoms with Crippen LogP contribution in [0.25, 0.3) is 10.2 Å². The van der Waals surface area contributed by atoms with E-state index < -0.39 is 0 Å². The van der Waals surface area contributed by atoms with Crippen LogP contribution in [0.5, 0.6) is 0 Å². The van der Waals surface area contributed by atoms with Gasteiger partial charge >= 0.3 is 0 Å². The van der Waals surface area contributed by atoms with Crippen LogP contribution >= 0.6 is 11.3 Å². The predicted molar refractivity (Wildman–Crippen MR) is 101 cm³/mol. The van der Waals surface area contributed by atoms with Crippen LogP contribution in [0, 0.1) is 5.92 Å². The van der Waals surface area contributed by atoms with E-state index in [9.17, 15) is 9.59 Å². The van der Waals surface area contributed by atoms with Gasteiger partial charge in [-0.3, -0.25) is 9.59 Å². The van der Waals surface area contributed by atoms with Crippen LogP contribution in [0.3, 0.4) is 0 Å². The monoisotopic (exact) mass is 359 g/mol. The van der Waals surface area contributed by atoms with E-state index in [1.54, 1.807) is 11.3 Å². The maximum absolute atomic E-state index is 12.4. The summed E-state index contributed by atoms with van der Waals surface area (Å²) in [5.41, 5.74) is 1.02. The summed E-state index contributed by atoms with van der Waals surface area (Å²) in [5.74, 6) is 0.162. The lowest BCUT2D eigenvalue weighted by Gasteiger charge is -2.32. The molecule has 2 amide bonds. The lowest BCUT2D eigenvalue weighted by atomic mass is 9.96. The fraction of sp³-hybridized carbons (Fsp3) is 0.526. The van der Waals surface area contributed by atoms with Crippen molar-refractivity contribution in [2.24, 2.45) is 5.92 Å². The summed E-state index contributed by atoms with van der Waals surface area (Å²) < 4.78 is 1.18. The Morgan fingerprint density at radius 1 is 1.36 bits per heavy atom. The van der Waals surface area contributed by atoms with E-state index in [0.29, 0.717) is 19.5 Å². The standard InChI is InChI=1S/C19H25N3O2S/c1-2-6-18(23)22-12-5-7-14(13-22)19(24)20-11-10-17-21-15-8-3-4-9-16(15)25-17/h3-4,8-9,14H,2,5-7,10-13H2,1H3,(H,20,24). The van der Waals surface area contributed by atoms with Crippen LogP contribution in [-0.4, -0.2) is 41.3 Å². The molecule has 1 aliphatic heterocycles. The molecule has 1 aromatic heterocycles. The van der Waals surface area contributed by atoms with Crippen LogP contribution in [0.15, 0.2) is 24.3 Å². The Bertz CT molecular complexity index is 710. The first-order valence-electron chi connectivity index (χ1n) is 9.07. The Kier molecular flexibility index (Phi) is 6.02. The molecule has 1 aliphatic rings. The molecule has 0 bridgehead atoms. The average molecular weight is 359 g/mol. The van der Waals surface area contributed by atoms with Crippen molar-refractivity contribution in [1.29, 1.82) is 0 Å². The number of piperidine rings is 1. The quantitative estimate of drug-likeness (QED) is 0.862. The maximum Gasteiger partial charge on any atom is 0.224 e. The Morgan fingerprint density at radius 2 is 2.20 bits per heavy atom. The lowest BCUT2D eigenvalue weighted by Crippen LogP contribution is -2.45. The predicted octanol–water partition coefficient (Wildman–Crippen LogP) is 2.99. The maximum atomic E-state index is 12.4. The Labute approximate surface area is 152 Å². The number of carbonyl (C=O) groups is 2. The van der Waals surface area contributed by atoms with Gasteiger partial charge in [-0.05, 0) is 31.4 Å². The van der Waals surface area contributed by atoms with Crippen molar-refractivity contribution >= 4 is 33.4 Å². The first-order valence-corrected chi connectivity index (χ1v) is 9.89. The summed E-state index contributed by atoms with van der Waals surface area (Å²) in [6.45, 7) is 3.95.